The number of aliphatic hydroxyl groups is 2. The Hall–Kier alpha value is -6.40. The molecule has 1 fully saturated rings. The van der Waals surface area contributed by atoms with Crippen molar-refractivity contribution in [2.75, 3.05) is 0 Å². The van der Waals surface area contributed by atoms with Crippen LogP contribution in [-0.2, 0) is 20.7 Å². The number of ether oxygens (including phenoxy) is 2. The highest BCUT2D eigenvalue weighted by Crippen LogP contribution is 2.52. The highest BCUT2D eigenvalue weighted by atomic mass is 16.7. The van der Waals surface area contributed by atoms with E-state index >= 15 is 0 Å². The first-order valence-corrected chi connectivity index (χ1v) is 19.4. The van der Waals surface area contributed by atoms with Crippen LogP contribution in [0.25, 0.3) is 49.2 Å². The van der Waals surface area contributed by atoms with Gasteiger partial charge in [0.2, 0.25) is 0 Å². The Kier molecular flexibility index (Phi) is 8.58. The fraction of sp³-hybridized carbons (Fsp3) is 0.0943. The minimum Gasteiger partial charge on any atom is -0.378 e. The van der Waals surface area contributed by atoms with Crippen LogP contribution in [0.1, 0.15) is 39.7 Å². The molecule has 4 nitrogen and oxygen atoms in total. The van der Waals surface area contributed by atoms with Gasteiger partial charge in [0.1, 0.15) is 23.4 Å². The third-order valence-corrected chi connectivity index (χ3v) is 11.8. The molecule has 0 aliphatic carbocycles. The number of fused-ring (bicyclic) bond motifs is 4. The van der Waals surface area contributed by atoms with Crippen molar-refractivity contribution in [1.29, 1.82) is 0 Å². The Labute approximate surface area is 331 Å². The summed E-state index contributed by atoms with van der Waals surface area (Å²) >= 11 is 0. The van der Waals surface area contributed by atoms with E-state index in [1.54, 1.807) is 6.08 Å². The van der Waals surface area contributed by atoms with Gasteiger partial charge in [-0.15, -0.1) is 0 Å². The van der Waals surface area contributed by atoms with Gasteiger partial charge in [-0.1, -0.05) is 183 Å². The molecule has 0 radical (unpaired) electrons. The lowest BCUT2D eigenvalue weighted by Gasteiger charge is -2.43. The molecule has 0 bridgehead atoms. The van der Waals surface area contributed by atoms with Gasteiger partial charge >= 0.3 is 0 Å². The molecule has 1 saturated heterocycles. The highest BCUT2D eigenvalue weighted by Gasteiger charge is 2.60. The minimum atomic E-state index is -1.82. The van der Waals surface area contributed by atoms with Crippen LogP contribution in [0.5, 0.6) is 0 Å². The Morgan fingerprint density at radius 1 is 0.386 bits per heavy atom. The van der Waals surface area contributed by atoms with Crippen LogP contribution >= 0.6 is 0 Å². The van der Waals surface area contributed by atoms with Crippen molar-refractivity contribution in [2.24, 2.45) is 0 Å². The summed E-state index contributed by atoms with van der Waals surface area (Å²) in [6.45, 7) is 3.94. The fourth-order valence-electron chi connectivity index (χ4n) is 8.72. The van der Waals surface area contributed by atoms with Gasteiger partial charge in [-0.2, -0.15) is 0 Å². The maximum Gasteiger partial charge on any atom is 0.185 e. The van der Waals surface area contributed by atoms with Crippen LogP contribution in [0.15, 0.2) is 201 Å². The van der Waals surface area contributed by atoms with Gasteiger partial charge in [0, 0.05) is 5.56 Å². The molecule has 0 spiro atoms. The number of rotatable bonds is 8. The maximum absolute atomic E-state index is 14.0. The Bertz CT molecular complexity index is 2610. The molecular weight excluding hydrogens is 701 g/mol. The molecule has 0 amide bonds. The van der Waals surface area contributed by atoms with Crippen molar-refractivity contribution < 1.29 is 19.7 Å². The summed E-state index contributed by atoms with van der Waals surface area (Å²) in [4.78, 5) is 0. The summed E-state index contributed by atoms with van der Waals surface area (Å²) in [5.74, 6) is 0. The van der Waals surface area contributed by atoms with Crippen molar-refractivity contribution in [2.45, 2.75) is 29.7 Å². The van der Waals surface area contributed by atoms with Gasteiger partial charge in [0.25, 0.3) is 0 Å². The van der Waals surface area contributed by atoms with E-state index < -0.39 is 29.7 Å². The number of hydrogen-bond donors (Lipinski definition) is 2. The molecule has 2 atom stereocenters. The zero-order chi connectivity index (χ0) is 38.6. The van der Waals surface area contributed by atoms with Crippen LogP contribution in [0.3, 0.4) is 0 Å². The lowest BCUT2D eigenvalue weighted by molar-refractivity contribution is -0.110. The molecule has 0 saturated carbocycles. The van der Waals surface area contributed by atoms with Gasteiger partial charge in [0.05, 0.1) is 0 Å². The van der Waals surface area contributed by atoms with Gasteiger partial charge in [-0.3, -0.25) is 0 Å². The molecule has 9 aromatic rings. The van der Waals surface area contributed by atoms with E-state index in [4.69, 9.17) is 9.47 Å². The first kappa shape index (κ1) is 35.0. The van der Waals surface area contributed by atoms with Crippen molar-refractivity contribution in [3.05, 3.63) is 234 Å². The van der Waals surface area contributed by atoms with Crippen molar-refractivity contribution in [3.8, 4) is 0 Å². The van der Waals surface area contributed by atoms with Crippen LogP contribution in [0, 0.1) is 0 Å². The van der Waals surface area contributed by atoms with Gasteiger partial charge < -0.3 is 19.7 Å². The third-order valence-electron chi connectivity index (χ3n) is 11.8. The van der Waals surface area contributed by atoms with Crippen LogP contribution in [-0.4, -0.2) is 22.4 Å². The summed E-state index contributed by atoms with van der Waals surface area (Å²) in [6.07, 6.45) is -1.40. The molecule has 0 aromatic heterocycles. The van der Waals surface area contributed by atoms with Gasteiger partial charge in [0.15, 0.2) is 6.29 Å². The molecule has 2 N–H and O–H groups in total. The summed E-state index contributed by atoms with van der Waals surface area (Å²) in [5, 5.41) is 36.0. The normalized spacial score (nSPS) is 16.5. The Morgan fingerprint density at radius 3 is 0.982 bits per heavy atom. The largest absolute Gasteiger partial charge is 0.378 e. The SMILES string of the molecule is C=Cc1ccc(C2O[C@@H](C(O)(c3ccc4ccccc4c3)c3ccc4ccccc4c3)[C@H](C(O)(c3ccc4ccccc4c3)c3ccc4ccccc4c3)O2)cc1. The molecule has 276 valence electrons. The first-order chi connectivity index (χ1) is 27.9. The second kappa shape index (κ2) is 14.0. The van der Waals surface area contributed by atoms with Crippen molar-refractivity contribution in [3.63, 3.8) is 0 Å². The number of hydrogen-bond acceptors (Lipinski definition) is 4. The van der Waals surface area contributed by atoms with E-state index in [1.165, 1.54) is 0 Å². The van der Waals surface area contributed by atoms with E-state index in [0.29, 0.717) is 22.3 Å². The zero-order valence-corrected chi connectivity index (χ0v) is 31.2. The minimum absolute atomic E-state index is 0.622. The van der Waals surface area contributed by atoms with E-state index in [2.05, 4.69) is 30.8 Å². The molecule has 57 heavy (non-hydrogen) atoms. The molecule has 1 aliphatic rings. The third kappa shape index (κ3) is 5.94. The lowest BCUT2D eigenvalue weighted by atomic mass is 9.71. The smallest absolute Gasteiger partial charge is 0.185 e. The van der Waals surface area contributed by atoms with Crippen molar-refractivity contribution >= 4 is 49.2 Å². The standard InChI is InChI=1S/C53H40O4/c1-2-35-19-21-40(22-20-35)51-56-49(52(54,45-27-23-36-11-3-7-15-41(36)31-45)46-28-24-37-12-4-8-16-42(37)32-46)50(57-51)53(55,47-29-25-38-13-5-9-17-43(38)33-47)48-30-26-39-14-6-10-18-44(39)34-48/h2-34,49-51,54-55H,1H2/t49-,50-/m1/s1. The van der Waals surface area contributed by atoms with E-state index in [0.717, 1.165) is 54.2 Å². The van der Waals surface area contributed by atoms with Crippen LogP contribution in [0.2, 0.25) is 0 Å². The quantitative estimate of drug-likeness (QED) is 0.163. The summed E-state index contributed by atoms with van der Waals surface area (Å²) < 4.78 is 14.3. The average Bonchev–Trinajstić information content (AvgIpc) is 3.74. The molecule has 1 aliphatic heterocycles. The van der Waals surface area contributed by atoms with Crippen LogP contribution < -0.4 is 0 Å². The molecule has 0 unspecified atom stereocenters. The predicted molar refractivity (Wildman–Crippen MR) is 231 cm³/mol. The first-order valence-electron chi connectivity index (χ1n) is 19.4. The topological polar surface area (TPSA) is 58.9 Å². The Balaban J connectivity index is 1.25. The molecular formula is C53H40O4. The summed E-state index contributed by atoms with van der Waals surface area (Å²) in [5.41, 5.74) is 0.555. The second-order valence-electron chi connectivity index (χ2n) is 15.1. The molecule has 4 heteroatoms. The van der Waals surface area contributed by atoms with E-state index in [9.17, 15) is 10.2 Å². The van der Waals surface area contributed by atoms with Crippen molar-refractivity contribution in [1.82, 2.24) is 0 Å². The van der Waals surface area contributed by atoms with Gasteiger partial charge in [-0.25, -0.2) is 0 Å². The highest BCUT2D eigenvalue weighted by molar-refractivity contribution is 5.87. The Morgan fingerprint density at radius 2 is 0.684 bits per heavy atom. The number of benzene rings is 9. The van der Waals surface area contributed by atoms with Gasteiger partial charge in [-0.05, 0) is 95.2 Å². The predicted octanol–water partition coefficient (Wildman–Crippen LogP) is 11.6. The second-order valence-corrected chi connectivity index (χ2v) is 15.1. The summed E-state index contributed by atoms with van der Waals surface area (Å²) in [7, 11) is 0. The molecule has 1 heterocycles. The average molecular weight is 741 g/mol. The maximum atomic E-state index is 14.0. The van der Waals surface area contributed by atoms with Crippen LogP contribution in [0.4, 0.5) is 0 Å². The van der Waals surface area contributed by atoms with E-state index in [1.807, 2.05) is 170 Å². The monoisotopic (exact) mass is 740 g/mol. The summed E-state index contributed by atoms with van der Waals surface area (Å²) in [6, 6.07) is 64.5. The molecule has 10 rings (SSSR count). The van der Waals surface area contributed by atoms with E-state index in [-0.39, 0.29) is 0 Å². The zero-order valence-electron chi connectivity index (χ0n) is 31.2. The lowest BCUT2D eigenvalue weighted by Crippen LogP contribution is -2.55. The fourth-order valence-corrected chi connectivity index (χ4v) is 8.72. The molecule has 9 aromatic carbocycles.